The van der Waals surface area contributed by atoms with E-state index in [1.807, 2.05) is 0 Å². The van der Waals surface area contributed by atoms with E-state index in [1.165, 1.54) is 31.9 Å². The molecule has 0 bridgehead atoms. The highest BCUT2D eigenvalue weighted by Gasteiger charge is 2.30. The van der Waals surface area contributed by atoms with Crippen LogP contribution in [0, 0.1) is 0 Å². The van der Waals surface area contributed by atoms with E-state index in [1.54, 1.807) is 0 Å². The lowest BCUT2D eigenvalue weighted by atomic mass is 9.31. The van der Waals surface area contributed by atoms with Crippen LogP contribution in [0.3, 0.4) is 0 Å². The highest BCUT2D eigenvalue weighted by molar-refractivity contribution is 6.71. The summed E-state index contributed by atoms with van der Waals surface area (Å²) in [5.41, 5.74) is 0. The molecule has 9 heavy (non-hydrogen) atoms. The summed E-state index contributed by atoms with van der Waals surface area (Å²) in [5.74, 6) is 0. The fourth-order valence-corrected chi connectivity index (χ4v) is 2.14. The Labute approximate surface area is 58.2 Å². The average Bonchev–Trinajstić information content (AvgIpc) is 2.36. The standard InChI is InChI=1S/C7H18BN/c1-3-8(4-2)6-5-7-9-8/h3-7,9H2,1-2H3. The fraction of sp³-hybridized carbons (Fsp3) is 1.00. The van der Waals surface area contributed by atoms with Gasteiger partial charge in [0.15, 0.2) is 0 Å². The predicted molar refractivity (Wildman–Crippen MR) is 42.9 cm³/mol. The first-order chi connectivity index (χ1) is 4.33. The van der Waals surface area contributed by atoms with Crippen molar-refractivity contribution in [2.75, 3.05) is 6.54 Å². The van der Waals surface area contributed by atoms with Crippen molar-refractivity contribution >= 4 is 6.28 Å². The lowest BCUT2D eigenvalue weighted by Gasteiger charge is -2.25. The van der Waals surface area contributed by atoms with Crippen LogP contribution in [-0.2, 0) is 0 Å². The van der Waals surface area contributed by atoms with Gasteiger partial charge in [0.2, 0.25) is 6.28 Å². The molecule has 1 aliphatic rings. The van der Waals surface area contributed by atoms with E-state index in [0.717, 1.165) is 0 Å². The number of quaternary nitrogens is 1. The third-order valence-corrected chi connectivity index (χ3v) is 3.28. The van der Waals surface area contributed by atoms with Crippen LogP contribution in [-0.4, -0.2) is 12.8 Å². The molecule has 2 N–H and O–H groups in total. The van der Waals surface area contributed by atoms with Crippen molar-refractivity contribution in [2.45, 2.75) is 39.2 Å². The van der Waals surface area contributed by atoms with Gasteiger partial charge < -0.3 is 5.23 Å². The van der Waals surface area contributed by atoms with E-state index in [-0.39, 0.29) is 6.28 Å². The Kier molecular flexibility index (Phi) is 2.17. The molecule has 0 saturated carbocycles. The van der Waals surface area contributed by atoms with Crippen molar-refractivity contribution in [3.05, 3.63) is 0 Å². The minimum atomic E-state index is 0.0417. The molecule has 0 amide bonds. The van der Waals surface area contributed by atoms with Gasteiger partial charge >= 0.3 is 0 Å². The van der Waals surface area contributed by atoms with Gasteiger partial charge in [-0.25, -0.2) is 0 Å². The third-order valence-electron chi connectivity index (χ3n) is 3.28. The average molecular weight is 127 g/mol. The molecule has 0 aliphatic carbocycles. The summed E-state index contributed by atoms with van der Waals surface area (Å²) in [6.45, 7) is 6.07. The van der Waals surface area contributed by atoms with Gasteiger partial charge in [-0.05, 0) is 6.42 Å². The minimum Gasteiger partial charge on any atom is -0.537 e. The molecule has 1 fully saturated rings. The molecule has 1 nitrogen and oxygen atoms in total. The molecule has 2 heteroatoms. The van der Waals surface area contributed by atoms with E-state index < -0.39 is 0 Å². The van der Waals surface area contributed by atoms with Gasteiger partial charge in [0, 0.05) is 6.54 Å². The van der Waals surface area contributed by atoms with Crippen LogP contribution in [0.4, 0.5) is 0 Å². The predicted octanol–water partition coefficient (Wildman–Crippen LogP) is 0.939. The van der Waals surface area contributed by atoms with Crippen LogP contribution >= 0.6 is 0 Å². The van der Waals surface area contributed by atoms with E-state index >= 15 is 0 Å². The lowest BCUT2D eigenvalue weighted by molar-refractivity contribution is -0.520. The minimum absolute atomic E-state index is 0.0417. The first-order valence-electron chi connectivity index (χ1n) is 4.38. The Bertz CT molecular complexity index is 80.9. The van der Waals surface area contributed by atoms with Crippen LogP contribution in [0.5, 0.6) is 0 Å². The SMILES string of the molecule is CC[B-]1(CC)CCC[NH2+]1. The monoisotopic (exact) mass is 127 g/mol. The summed E-state index contributed by atoms with van der Waals surface area (Å²) in [7, 11) is 0. The van der Waals surface area contributed by atoms with Crippen molar-refractivity contribution in [1.29, 1.82) is 0 Å². The smallest absolute Gasteiger partial charge is 0.206 e. The normalized spacial score (nSPS) is 24.7. The Morgan fingerprint density at radius 2 is 2.00 bits per heavy atom. The zero-order valence-corrected chi connectivity index (χ0v) is 6.69. The lowest BCUT2D eigenvalue weighted by Crippen LogP contribution is -2.96. The largest absolute Gasteiger partial charge is 0.537 e. The van der Waals surface area contributed by atoms with Crippen molar-refractivity contribution in [2.24, 2.45) is 0 Å². The van der Waals surface area contributed by atoms with Gasteiger partial charge in [-0.3, -0.25) is 0 Å². The third kappa shape index (κ3) is 1.29. The Morgan fingerprint density at radius 1 is 1.33 bits per heavy atom. The molecular formula is C7H18BN. The number of hydrogen-bond donors (Lipinski definition) is 1. The molecule has 0 unspecified atom stereocenters. The van der Waals surface area contributed by atoms with Gasteiger partial charge in [-0.15, -0.1) is 19.0 Å². The summed E-state index contributed by atoms with van der Waals surface area (Å²) in [5, 5.41) is 2.60. The van der Waals surface area contributed by atoms with Crippen LogP contribution in [0.25, 0.3) is 0 Å². The quantitative estimate of drug-likeness (QED) is 0.531. The van der Waals surface area contributed by atoms with Crippen LogP contribution < -0.4 is 5.23 Å². The van der Waals surface area contributed by atoms with Gasteiger partial charge in [0.25, 0.3) is 0 Å². The molecule has 0 spiro atoms. The molecule has 1 saturated heterocycles. The first-order valence-corrected chi connectivity index (χ1v) is 4.38. The van der Waals surface area contributed by atoms with E-state index in [9.17, 15) is 0 Å². The maximum absolute atomic E-state index is 2.60. The summed E-state index contributed by atoms with van der Waals surface area (Å²) in [4.78, 5) is 0. The summed E-state index contributed by atoms with van der Waals surface area (Å²) in [6, 6.07) is 0. The summed E-state index contributed by atoms with van der Waals surface area (Å²) >= 11 is 0. The molecule has 0 aromatic carbocycles. The molecule has 0 aromatic rings. The van der Waals surface area contributed by atoms with Gasteiger partial charge in [0.05, 0.1) is 0 Å². The molecule has 0 radical (unpaired) electrons. The molecular weight excluding hydrogens is 109 g/mol. The molecule has 1 heterocycles. The summed E-state index contributed by atoms with van der Waals surface area (Å²) < 4.78 is 0. The van der Waals surface area contributed by atoms with E-state index in [0.29, 0.717) is 0 Å². The zero-order valence-electron chi connectivity index (χ0n) is 6.69. The van der Waals surface area contributed by atoms with Crippen LogP contribution in [0.1, 0.15) is 20.3 Å². The second-order valence-corrected chi connectivity index (χ2v) is 3.56. The van der Waals surface area contributed by atoms with Gasteiger partial charge in [-0.2, -0.15) is 0 Å². The molecule has 0 atom stereocenters. The Morgan fingerprint density at radius 3 is 2.22 bits per heavy atom. The first kappa shape index (κ1) is 7.14. The van der Waals surface area contributed by atoms with Crippen molar-refractivity contribution in [3.8, 4) is 0 Å². The fourth-order valence-electron chi connectivity index (χ4n) is 2.14. The number of hydrogen-bond acceptors (Lipinski definition) is 0. The topological polar surface area (TPSA) is 16.6 Å². The highest BCUT2D eigenvalue weighted by Crippen LogP contribution is 2.17. The second kappa shape index (κ2) is 2.74. The maximum atomic E-state index is 2.60. The maximum Gasteiger partial charge on any atom is 0.206 e. The molecule has 0 aromatic heterocycles. The van der Waals surface area contributed by atoms with Crippen molar-refractivity contribution < 1.29 is 5.23 Å². The number of rotatable bonds is 2. The Balaban J connectivity index is 2.45. The van der Waals surface area contributed by atoms with Gasteiger partial charge in [0.1, 0.15) is 0 Å². The van der Waals surface area contributed by atoms with Crippen molar-refractivity contribution in [3.63, 3.8) is 0 Å². The van der Waals surface area contributed by atoms with Crippen molar-refractivity contribution in [1.82, 2.24) is 0 Å². The van der Waals surface area contributed by atoms with Gasteiger partial charge in [-0.1, -0.05) is 13.8 Å². The van der Waals surface area contributed by atoms with E-state index in [2.05, 4.69) is 19.1 Å². The van der Waals surface area contributed by atoms with E-state index in [4.69, 9.17) is 0 Å². The molecule has 1 aliphatic heterocycles. The second-order valence-electron chi connectivity index (χ2n) is 3.56. The highest BCUT2D eigenvalue weighted by atomic mass is 14.8. The number of nitrogens with two attached hydrogens (primary N) is 1. The Hall–Kier alpha value is 0.0249. The zero-order chi connectivity index (χ0) is 6.74. The summed E-state index contributed by atoms with van der Waals surface area (Å²) in [6.07, 6.45) is 5.84. The molecule has 1 rings (SSSR count). The van der Waals surface area contributed by atoms with Crippen LogP contribution in [0.2, 0.25) is 19.0 Å². The van der Waals surface area contributed by atoms with Crippen LogP contribution in [0.15, 0.2) is 0 Å². The molecule has 54 valence electrons.